The second kappa shape index (κ2) is 7.91. The van der Waals surface area contributed by atoms with Crippen molar-refractivity contribution in [1.82, 2.24) is 20.3 Å². The van der Waals surface area contributed by atoms with Crippen molar-refractivity contribution < 1.29 is 9.53 Å². The smallest absolute Gasteiger partial charge is 0.254 e. The van der Waals surface area contributed by atoms with Crippen LogP contribution in [0.1, 0.15) is 15.9 Å². The fraction of sp³-hybridized carbons (Fsp3) is 0.286. The van der Waals surface area contributed by atoms with Gasteiger partial charge in [-0.05, 0) is 11.6 Å². The van der Waals surface area contributed by atoms with Crippen molar-refractivity contribution in [1.29, 1.82) is 0 Å². The molecule has 0 unspecified atom stereocenters. The molecule has 0 spiro atoms. The number of ether oxygens (including phenoxy) is 1. The molecule has 7 nitrogen and oxygen atoms in total. The first-order valence-electron chi connectivity index (χ1n) is 6.51. The predicted octanol–water partition coefficient (Wildman–Crippen LogP) is 0.860. The summed E-state index contributed by atoms with van der Waals surface area (Å²) in [4.78, 5) is 24.1. The van der Waals surface area contributed by atoms with Crippen molar-refractivity contribution >= 4 is 11.9 Å². The molecule has 0 saturated heterocycles. The van der Waals surface area contributed by atoms with Gasteiger partial charge in [0.05, 0.1) is 12.2 Å². The Morgan fingerprint density at radius 3 is 2.76 bits per heavy atom. The van der Waals surface area contributed by atoms with Crippen LogP contribution in [0.15, 0.2) is 36.9 Å². The normalized spacial score (nSPS) is 10.1. The first-order chi connectivity index (χ1) is 10.3. The monoisotopic (exact) mass is 287 g/mol. The fourth-order valence-electron chi connectivity index (χ4n) is 1.59. The molecule has 0 radical (unpaired) electrons. The van der Waals surface area contributed by atoms with Gasteiger partial charge in [-0.2, -0.15) is 0 Å². The zero-order valence-electron chi connectivity index (χ0n) is 11.7. The summed E-state index contributed by atoms with van der Waals surface area (Å²) < 4.78 is 4.91. The Hall–Kier alpha value is -2.54. The SMILES string of the molecule is COCCNc1ncc(C(=O)NCc2cccnc2)cn1. The molecular formula is C14H17N5O2. The summed E-state index contributed by atoms with van der Waals surface area (Å²) in [7, 11) is 1.62. The van der Waals surface area contributed by atoms with Crippen LogP contribution in [-0.2, 0) is 11.3 Å². The molecule has 110 valence electrons. The van der Waals surface area contributed by atoms with Gasteiger partial charge in [-0.1, -0.05) is 6.07 Å². The highest BCUT2D eigenvalue weighted by Crippen LogP contribution is 2.01. The molecule has 0 aliphatic rings. The average Bonchev–Trinajstić information content (AvgIpc) is 2.54. The molecule has 1 amide bonds. The van der Waals surface area contributed by atoms with Gasteiger partial charge in [0, 0.05) is 45.0 Å². The summed E-state index contributed by atoms with van der Waals surface area (Å²) in [6.07, 6.45) is 6.37. The third kappa shape index (κ3) is 4.81. The first-order valence-corrected chi connectivity index (χ1v) is 6.51. The van der Waals surface area contributed by atoms with E-state index in [9.17, 15) is 4.79 Å². The minimum absolute atomic E-state index is 0.220. The lowest BCUT2D eigenvalue weighted by Gasteiger charge is -2.06. The summed E-state index contributed by atoms with van der Waals surface area (Å²) in [6, 6.07) is 3.72. The van der Waals surface area contributed by atoms with E-state index in [0.717, 1.165) is 5.56 Å². The molecule has 0 aliphatic heterocycles. The minimum Gasteiger partial charge on any atom is -0.383 e. The Balaban J connectivity index is 1.85. The number of pyridine rings is 1. The summed E-state index contributed by atoms with van der Waals surface area (Å²) in [5, 5.41) is 5.77. The van der Waals surface area contributed by atoms with E-state index in [1.54, 1.807) is 19.5 Å². The lowest BCUT2D eigenvalue weighted by molar-refractivity contribution is 0.0950. The maximum absolute atomic E-state index is 11.9. The van der Waals surface area contributed by atoms with E-state index >= 15 is 0 Å². The lowest BCUT2D eigenvalue weighted by atomic mass is 10.2. The Kier molecular flexibility index (Phi) is 5.60. The van der Waals surface area contributed by atoms with Crippen LogP contribution in [-0.4, -0.2) is 41.1 Å². The van der Waals surface area contributed by atoms with Crippen molar-refractivity contribution in [2.45, 2.75) is 6.54 Å². The molecule has 0 aromatic carbocycles. The molecule has 2 aromatic rings. The highest BCUT2D eigenvalue weighted by Gasteiger charge is 2.06. The molecular weight excluding hydrogens is 270 g/mol. The van der Waals surface area contributed by atoms with E-state index in [4.69, 9.17) is 4.74 Å². The topological polar surface area (TPSA) is 89.0 Å². The van der Waals surface area contributed by atoms with Crippen molar-refractivity contribution in [2.75, 3.05) is 25.6 Å². The third-order valence-corrected chi connectivity index (χ3v) is 2.68. The van der Waals surface area contributed by atoms with Crippen molar-refractivity contribution in [3.05, 3.63) is 48.0 Å². The molecule has 7 heteroatoms. The number of methoxy groups -OCH3 is 1. The Bertz CT molecular complexity index is 559. The van der Waals surface area contributed by atoms with Gasteiger partial charge in [0.2, 0.25) is 5.95 Å². The summed E-state index contributed by atoms with van der Waals surface area (Å²) in [5.41, 5.74) is 1.35. The second-order valence-electron chi connectivity index (χ2n) is 4.26. The van der Waals surface area contributed by atoms with Crippen LogP contribution in [0.5, 0.6) is 0 Å². The van der Waals surface area contributed by atoms with E-state index in [1.807, 2.05) is 12.1 Å². The number of carbonyl (C=O) groups excluding carboxylic acids is 1. The highest BCUT2D eigenvalue weighted by atomic mass is 16.5. The van der Waals surface area contributed by atoms with Crippen molar-refractivity contribution in [3.8, 4) is 0 Å². The van der Waals surface area contributed by atoms with Gasteiger partial charge < -0.3 is 15.4 Å². The van der Waals surface area contributed by atoms with Crippen LogP contribution in [0.4, 0.5) is 5.95 Å². The number of hydrogen-bond acceptors (Lipinski definition) is 6. The Morgan fingerprint density at radius 1 is 1.29 bits per heavy atom. The largest absolute Gasteiger partial charge is 0.383 e. The van der Waals surface area contributed by atoms with E-state index in [2.05, 4.69) is 25.6 Å². The molecule has 0 saturated carbocycles. The van der Waals surface area contributed by atoms with E-state index < -0.39 is 0 Å². The number of nitrogens with zero attached hydrogens (tertiary/aromatic N) is 3. The molecule has 2 aromatic heterocycles. The zero-order valence-corrected chi connectivity index (χ0v) is 11.7. The number of amides is 1. The first kappa shape index (κ1) is 14.9. The quantitative estimate of drug-likeness (QED) is 0.734. The number of anilines is 1. The van der Waals surface area contributed by atoms with Gasteiger partial charge in [0.1, 0.15) is 0 Å². The van der Waals surface area contributed by atoms with Crippen LogP contribution in [0.2, 0.25) is 0 Å². The number of carbonyl (C=O) groups is 1. The van der Waals surface area contributed by atoms with Crippen LogP contribution in [0.25, 0.3) is 0 Å². The molecule has 21 heavy (non-hydrogen) atoms. The number of rotatable bonds is 7. The maximum atomic E-state index is 11.9. The maximum Gasteiger partial charge on any atom is 0.254 e. The van der Waals surface area contributed by atoms with Gasteiger partial charge in [-0.15, -0.1) is 0 Å². The summed E-state index contributed by atoms with van der Waals surface area (Å²) >= 11 is 0. The van der Waals surface area contributed by atoms with Gasteiger partial charge >= 0.3 is 0 Å². The minimum atomic E-state index is -0.220. The molecule has 0 atom stereocenters. The second-order valence-corrected chi connectivity index (χ2v) is 4.26. The average molecular weight is 287 g/mol. The molecule has 2 heterocycles. The number of aromatic nitrogens is 3. The third-order valence-electron chi connectivity index (χ3n) is 2.68. The number of nitrogens with one attached hydrogen (secondary N) is 2. The summed E-state index contributed by atoms with van der Waals surface area (Å²) in [6.45, 7) is 1.60. The van der Waals surface area contributed by atoms with Crippen LogP contribution < -0.4 is 10.6 Å². The van der Waals surface area contributed by atoms with E-state index in [-0.39, 0.29) is 5.91 Å². The molecule has 0 bridgehead atoms. The van der Waals surface area contributed by atoms with E-state index in [1.165, 1.54) is 12.4 Å². The molecule has 2 N–H and O–H groups in total. The van der Waals surface area contributed by atoms with Crippen LogP contribution >= 0.6 is 0 Å². The highest BCUT2D eigenvalue weighted by molar-refractivity contribution is 5.93. The Morgan fingerprint density at radius 2 is 2.10 bits per heavy atom. The van der Waals surface area contributed by atoms with Crippen molar-refractivity contribution in [2.24, 2.45) is 0 Å². The molecule has 2 rings (SSSR count). The van der Waals surface area contributed by atoms with Gasteiger partial charge in [-0.3, -0.25) is 9.78 Å². The Labute approximate surface area is 122 Å². The van der Waals surface area contributed by atoms with Crippen molar-refractivity contribution in [3.63, 3.8) is 0 Å². The molecule has 0 fully saturated rings. The standard InChI is InChI=1S/C14H17N5O2/c1-21-6-5-16-14-18-9-12(10-19-14)13(20)17-8-11-3-2-4-15-7-11/h2-4,7,9-10H,5-6,8H2,1H3,(H,17,20)(H,16,18,19). The van der Waals surface area contributed by atoms with Gasteiger partial charge in [0.25, 0.3) is 5.91 Å². The van der Waals surface area contributed by atoms with E-state index in [0.29, 0.717) is 31.2 Å². The summed E-state index contributed by atoms with van der Waals surface area (Å²) in [5.74, 6) is 0.248. The fourth-order valence-corrected chi connectivity index (χ4v) is 1.59. The number of hydrogen-bond donors (Lipinski definition) is 2. The van der Waals surface area contributed by atoms with Gasteiger partial charge in [0.15, 0.2) is 0 Å². The predicted molar refractivity (Wildman–Crippen MR) is 77.8 cm³/mol. The van der Waals surface area contributed by atoms with Gasteiger partial charge in [-0.25, -0.2) is 9.97 Å². The lowest BCUT2D eigenvalue weighted by Crippen LogP contribution is -2.23. The molecule has 0 aliphatic carbocycles. The van der Waals surface area contributed by atoms with Crippen LogP contribution in [0, 0.1) is 0 Å². The van der Waals surface area contributed by atoms with Crippen LogP contribution in [0.3, 0.4) is 0 Å². The zero-order chi connectivity index (χ0) is 14.9.